The molecule has 6 aliphatic heterocycles. The molecule has 558 valence electrons. The third-order valence-corrected chi connectivity index (χ3v) is 19.6. The monoisotopic (exact) mass is 1460 g/mol. The highest BCUT2D eigenvalue weighted by Crippen LogP contribution is 2.35. The van der Waals surface area contributed by atoms with Gasteiger partial charge in [0.25, 0.3) is 5.69 Å². The number of rotatable bonds is 16. The van der Waals surface area contributed by atoms with Crippen LogP contribution in [0.2, 0.25) is 0 Å². The highest BCUT2D eigenvalue weighted by molar-refractivity contribution is 6.09. The Bertz CT molecular complexity index is 4980. The van der Waals surface area contributed by atoms with E-state index in [4.69, 9.17) is 55.6 Å². The van der Waals surface area contributed by atoms with E-state index in [1.54, 1.807) is 22.7 Å². The zero-order chi connectivity index (χ0) is 74.8. The van der Waals surface area contributed by atoms with Crippen molar-refractivity contribution >= 4 is 75.1 Å². The molecule has 6 atom stereocenters. The SMILES string of the molecule is CCNC(=O)Cc1ccc(-c2nc(N3C[C@H]4CC[C@@H](C3)O4)c3cccn3n2)cc1.CCNC(=O)Cc1ccc(C(=N)N=C(c2ccc[nH]2)N2CC(C)OC(C)C2)cc1.N=Cc1cc(-c2nc(N3C[C@H]4CC[C@@H](C3)O4)c3cccn3n2)ccc1N.O=[N+]([O-])c1ccc(-c2nc(N3CCOCC3)c3cccn3n2)cc1. The van der Waals surface area contributed by atoms with E-state index in [-0.39, 0.29) is 35.5 Å². The lowest BCUT2D eigenvalue weighted by Crippen LogP contribution is -2.48. The van der Waals surface area contributed by atoms with E-state index in [9.17, 15) is 19.7 Å². The van der Waals surface area contributed by atoms with Crippen molar-refractivity contribution in [3.63, 3.8) is 0 Å². The number of aromatic nitrogens is 10. The number of aliphatic imine (C=N–C) groups is 1. The van der Waals surface area contributed by atoms with Crippen LogP contribution in [0.4, 0.5) is 28.8 Å². The number of hydrogen-bond donors (Lipinski definition) is 6. The summed E-state index contributed by atoms with van der Waals surface area (Å²) in [7, 11) is 0. The van der Waals surface area contributed by atoms with Gasteiger partial charge in [-0.1, -0.05) is 48.5 Å². The molecule has 17 rings (SSSR count). The number of nitrogens with one attached hydrogen (secondary N) is 5. The van der Waals surface area contributed by atoms with Crippen LogP contribution in [0.5, 0.6) is 0 Å². The van der Waals surface area contributed by atoms with Crippen LogP contribution in [-0.4, -0.2) is 204 Å². The number of amides is 2. The fraction of sp³-hybridized carbons (Fsp3) is 0.354. The van der Waals surface area contributed by atoms with Crippen molar-refractivity contribution in [1.29, 1.82) is 10.8 Å². The van der Waals surface area contributed by atoms with Crippen LogP contribution in [0.1, 0.15) is 81.3 Å². The molecular formula is C79H89N21O8. The number of nitrogens with zero attached hydrogens (tertiary/aromatic N) is 15. The number of anilines is 4. The van der Waals surface area contributed by atoms with Crippen molar-refractivity contribution in [3.05, 3.63) is 202 Å². The van der Waals surface area contributed by atoms with Gasteiger partial charge in [0.1, 0.15) is 16.6 Å². The average Bonchev–Trinajstić information content (AvgIpc) is 1.58. The fourth-order valence-electron chi connectivity index (χ4n) is 14.5. The number of nitrogen functional groups attached to an aromatic ring is 1. The average molecular weight is 1460 g/mol. The van der Waals surface area contributed by atoms with Gasteiger partial charge in [-0.25, -0.2) is 33.5 Å². The zero-order valence-electron chi connectivity index (χ0n) is 60.9. The summed E-state index contributed by atoms with van der Waals surface area (Å²) in [6.45, 7) is 17.0. The number of carbonyl (C=O) groups is 2. The van der Waals surface area contributed by atoms with Gasteiger partial charge in [0.2, 0.25) is 11.8 Å². The lowest BCUT2D eigenvalue weighted by atomic mass is 10.1. The van der Waals surface area contributed by atoms with E-state index in [1.807, 2.05) is 165 Å². The smallest absolute Gasteiger partial charge is 0.269 e. The van der Waals surface area contributed by atoms with Crippen molar-refractivity contribution in [3.8, 4) is 34.2 Å². The Kier molecular flexibility index (Phi) is 22.6. The first-order chi connectivity index (χ1) is 52.6. The standard InChI is InChI=1S/C22H25N5O2.C22H29N5O2.C19H20N6O.C16H15N5O3/c1-2-23-20(28)12-15-5-7-16(8-6-15)21-24-22(19-4-3-11-27(19)25-21)26-13-17-9-10-18(14-26)29-17;1-4-24-20(28)12-17-7-9-18(10-8-17)21(23)26-22(19-6-5-11-25-19)27-13-15(2)29-16(3)14-27;20-9-13-8-12(3-6-16(13)21)18-22-19(17-2-1-7-25(17)23-18)24-10-14-4-5-15(11-24)26-14;22-21(23)13-5-3-12(4-6-13)15-17-16(19-8-10-24-11-9-19)14-2-1-7-20(14)18-15/h3-8,11,17-18H,2,9-10,12-14H2,1H3,(H,23,28);5-11,15-16,23,25H,4,12-14H2,1-3H3,(H,24,28);1-3,6-9,14-15,20H,4-5,10-11,21H2;1-7H,8-11H2/t17-,18+;;14-,15+;. The van der Waals surface area contributed by atoms with Crippen molar-refractivity contribution in [2.24, 2.45) is 4.99 Å². The second-order valence-corrected chi connectivity index (χ2v) is 27.6. The predicted molar refractivity (Wildman–Crippen MR) is 414 cm³/mol. The van der Waals surface area contributed by atoms with E-state index >= 15 is 0 Å². The van der Waals surface area contributed by atoms with Crippen LogP contribution in [0.3, 0.4) is 0 Å². The normalized spacial score (nSPS) is 19.6. The van der Waals surface area contributed by atoms with Crippen LogP contribution >= 0.6 is 0 Å². The van der Waals surface area contributed by atoms with Crippen LogP contribution in [0, 0.1) is 20.9 Å². The molecule has 7 N–H and O–H groups in total. The second-order valence-electron chi connectivity index (χ2n) is 27.6. The number of nitro groups is 1. The van der Waals surface area contributed by atoms with Crippen LogP contribution in [0.25, 0.3) is 50.7 Å². The van der Waals surface area contributed by atoms with Crippen molar-refractivity contribution < 1.29 is 33.5 Å². The number of morpholine rings is 4. The molecule has 11 aromatic rings. The van der Waals surface area contributed by atoms with E-state index < -0.39 is 4.92 Å². The zero-order valence-corrected chi connectivity index (χ0v) is 60.9. The van der Waals surface area contributed by atoms with Gasteiger partial charge in [-0.3, -0.25) is 25.1 Å². The number of aromatic amines is 1. The van der Waals surface area contributed by atoms with Gasteiger partial charge >= 0.3 is 0 Å². The molecule has 6 saturated heterocycles. The molecule has 4 aromatic carbocycles. The summed E-state index contributed by atoms with van der Waals surface area (Å²) >= 11 is 0. The Morgan fingerprint density at radius 1 is 0.602 bits per heavy atom. The molecule has 6 aliphatic rings. The quantitative estimate of drug-likeness (QED) is 0.0172. The minimum Gasteiger partial charge on any atom is -0.398 e. The Hall–Kier alpha value is -11.8. The van der Waals surface area contributed by atoms with Crippen LogP contribution < -0.4 is 31.1 Å². The van der Waals surface area contributed by atoms with Gasteiger partial charge < -0.3 is 65.3 Å². The first kappa shape index (κ1) is 73.1. The van der Waals surface area contributed by atoms with Crippen molar-refractivity contribution in [2.75, 3.05) is 99.1 Å². The molecule has 6 fully saturated rings. The van der Waals surface area contributed by atoms with Crippen LogP contribution in [0.15, 0.2) is 169 Å². The highest BCUT2D eigenvalue weighted by atomic mass is 16.6. The number of likely N-dealkylation sites (N-methyl/N-ethyl adjacent to an activating group) is 2. The molecule has 0 saturated carbocycles. The maximum absolute atomic E-state index is 11.8. The van der Waals surface area contributed by atoms with Crippen LogP contribution in [-0.2, 0) is 41.4 Å². The van der Waals surface area contributed by atoms with E-state index in [2.05, 4.69) is 56.5 Å². The fourth-order valence-corrected chi connectivity index (χ4v) is 14.5. The minimum absolute atomic E-state index is 0.00191. The van der Waals surface area contributed by atoms with Gasteiger partial charge in [-0.15, -0.1) is 15.3 Å². The summed E-state index contributed by atoms with van der Waals surface area (Å²) in [4.78, 5) is 65.4. The summed E-state index contributed by atoms with van der Waals surface area (Å²) in [6, 6.07) is 43.1. The number of ether oxygens (including phenoxy) is 4. The van der Waals surface area contributed by atoms with E-state index in [0.717, 1.165) is 151 Å². The topological polar surface area (TPSA) is 344 Å². The number of non-ortho nitro benzene ring substituents is 1. The summed E-state index contributed by atoms with van der Waals surface area (Å²) in [6.07, 6.45) is 15.5. The second kappa shape index (κ2) is 33.3. The molecule has 7 aromatic heterocycles. The van der Waals surface area contributed by atoms with Gasteiger partial charge in [0.15, 0.2) is 46.6 Å². The summed E-state index contributed by atoms with van der Waals surface area (Å²) in [5.74, 6) is 5.58. The maximum Gasteiger partial charge on any atom is 0.269 e. The third kappa shape index (κ3) is 17.2. The van der Waals surface area contributed by atoms with Gasteiger partial charge in [0, 0.05) is 142 Å². The molecule has 4 bridgehead atoms. The molecular weight excluding hydrogens is 1370 g/mol. The largest absolute Gasteiger partial charge is 0.398 e. The predicted octanol–water partition coefficient (Wildman–Crippen LogP) is 9.50. The Morgan fingerprint density at radius 3 is 1.51 bits per heavy atom. The Morgan fingerprint density at radius 2 is 1.06 bits per heavy atom. The molecule has 29 heteroatoms. The third-order valence-electron chi connectivity index (χ3n) is 19.6. The number of amidine groups is 2. The first-order valence-corrected chi connectivity index (χ1v) is 36.9. The number of H-pyrrole nitrogens is 1. The number of carbonyl (C=O) groups excluding carboxylic acids is 2. The van der Waals surface area contributed by atoms with Gasteiger partial charge in [-0.05, 0) is 143 Å². The number of benzene rings is 4. The Labute approximate surface area is 624 Å². The highest BCUT2D eigenvalue weighted by Gasteiger charge is 2.37. The van der Waals surface area contributed by atoms with Crippen molar-refractivity contribution in [1.82, 2.24) is 64.3 Å². The molecule has 0 spiro atoms. The maximum atomic E-state index is 11.8. The molecule has 2 amide bonds. The summed E-state index contributed by atoms with van der Waals surface area (Å²) < 4.78 is 28.8. The number of nitrogens with two attached hydrogens (primary N) is 1. The minimum atomic E-state index is -0.418. The molecule has 2 unspecified atom stereocenters. The molecule has 0 radical (unpaired) electrons. The molecule has 13 heterocycles. The molecule has 29 nitrogen and oxygen atoms in total. The van der Waals surface area contributed by atoms with Crippen molar-refractivity contribution in [2.45, 2.75) is 103 Å². The number of hydrogen-bond acceptors (Lipinski definition) is 20. The van der Waals surface area contributed by atoms with E-state index in [1.165, 1.54) is 18.3 Å². The number of nitro benzene ring substituents is 1. The van der Waals surface area contributed by atoms with E-state index in [0.29, 0.717) is 97.8 Å². The number of fused-ring (bicyclic) bond motifs is 7. The van der Waals surface area contributed by atoms with Gasteiger partial charge in [0.05, 0.1) is 73.3 Å². The van der Waals surface area contributed by atoms with Gasteiger partial charge in [-0.2, -0.15) is 0 Å². The lowest BCUT2D eigenvalue weighted by molar-refractivity contribution is -0.384. The first-order valence-electron chi connectivity index (χ1n) is 36.9. The molecule has 108 heavy (non-hydrogen) atoms. The Balaban J connectivity index is 0.000000121. The molecule has 0 aliphatic carbocycles. The summed E-state index contributed by atoms with van der Waals surface area (Å²) in [5.41, 5.74) is 16.2. The lowest BCUT2D eigenvalue weighted by Gasteiger charge is -2.37. The summed E-state index contributed by atoms with van der Waals surface area (Å²) in [5, 5.41) is 46.3.